The summed E-state index contributed by atoms with van der Waals surface area (Å²) in [5, 5.41) is 12.0. The third-order valence-corrected chi connectivity index (χ3v) is 12.0. The minimum atomic E-state index is 0.840. The second kappa shape index (κ2) is 14.1. The van der Waals surface area contributed by atoms with Crippen LogP contribution in [0.2, 0.25) is 0 Å². The lowest BCUT2D eigenvalue weighted by molar-refractivity contribution is 0.669. The Kier molecular flexibility index (Phi) is 8.23. The Hall–Kier alpha value is -7.68. The predicted molar refractivity (Wildman–Crippen MR) is 253 cm³/mol. The highest BCUT2D eigenvalue weighted by Crippen LogP contribution is 2.46. The van der Waals surface area contributed by atoms with Crippen molar-refractivity contribution in [1.29, 1.82) is 0 Å². The van der Waals surface area contributed by atoms with Gasteiger partial charge in [-0.3, -0.25) is 0 Å². The molecule has 0 spiro atoms. The molecule has 11 rings (SSSR count). The van der Waals surface area contributed by atoms with Gasteiger partial charge in [-0.15, -0.1) is 0 Å². The first kappa shape index (κ1) is 34.6. The average Bonchev–Trinajstić information content (AvgIpc) is 3.66. The van der Waals surface area contributed by atoms with Crippen LogP contribution in [0.3, 0.4) is 0 Å². The number of rotatable bonds is 7. The standard InChI is InChI=1S/C57H39NO/c1-3-45(33-41-32-31-38-15-6-8-19-46(38)37(41)2)58(54-25-14-26-55-57(54)52-34-42-16-4-5-17-43(42)36-56(52)59-55)53-24-13-12-21-48(53)39-27-29-40(30-28-39)51-35-44-18-7-9-20-47(44)49-22-10-11-23-50(49)51/h3-36H,1H2,2H3/b45-33+. The Morgan fingerprint density at radius 2 is 1.07 bits per heavy atom. The summed E-state index contributed by atoms with van der Waals surface area (Å²) in [4.78, 5) is 2.37. The van der Waals surface area contributed by atoms with Gasteiger partial charge in [0.15, 0.2) is 0 Å². The van der Waals surface area contributed by atoms with Crippen molar-refractivity contribution in [2.45, 2.75) is 6.92 Å². The summed E-state index contributed by atoms with van der Waals surface area (Å²) < 4.78 is 6.64. The molecule has 11 aromatic rings. The van der Waals surface area contributed by atoms with Gasteiger partial charge in [-0.25, -0.2) is 0 Å². The second-order valence-electron chi connectivity index (χ2n) is 15.3. The third-order valence-electron chi connectivity index (χ3n) is 12.0. The number of hydrogen-bond acceptors (Lipinski definition) is 2. The molecule has 59 heavy (non-hydrogen) atoms. The molecule has 278 valence electrons. The van der Waals surface area contributed by atoms with E-state index in [4.69, 9.17) is 4.42 Å². The Morgan fingerprint density at radius 3 is 1.85 bits per heavy atom. The van der Waals surface area contributed by atoms with Gasteiger partial charge in [-0.05, 0) is 126 Å². The number of allylic oxidation sites excluding steroid dienone is 1. The molecule has 0 aliphatic carbocycles. The van der Waals surface area contributed by atoms with Crippen molar-refractivity contribution in [2.24, 2.45) is 0 Å². The van der Waals surface area contributed by atoms with Crippen LogP contribution in [0.5, 0.6) is 0 Å². The van der Waals surface area contributed by atoms with Crippen molar-refractivity contribution < 1.29 is 4.42 Å². The summed E-state index contributed by atoms with van der Waals surface area (Å²) in [6.07, 6.45) is 4.26. The van der Waals surface area contributed by atoms with Crippen LogP contribution in [-0.4, -0.2) is 0 Å². The Morgan fingerprint density at radius 1 is 0.458 bits per heavy atom. The molecule has 0 aliphatic heterocycles. The average molecular weight is 754 g/mol. The first-order valence-electron chi connectivity index (χ1n) is 20.2. The number of hydrogen-bond donors (Lipinski definition) is 0. The van der Waals surface area contributed by atoms with Crippen LogP contribution in [-0.2, 0) is 0 Å². The number of para-hydroxylation sites is 1. The number of fused-ring (bicyclic) bond motifs is 8. The molecule has 0 radical (unpaired) electrons. The zero-order valence-corrected chi connectivity index (χ0v) is 32.7. The van der Waals surface area contributed by atoms with Crippen LogP contribution in [0.25, 0.3) is 93.4 Å². The SMILES string of the molecule is C=C/C(=C\c1ccc2ccccc2c1C)N(c1ccccc1-c1ccc(-c2cc3ccccc3c3ccccc23)cc1)c1cccc2oc3cc4ccccc4cc3c12. The summed E-state index contributed by atoms with van der Waals surface area (Å²) >= 11 is 0. The maximum absolute atomic E-state index is 6.64. The van der Waals surface area contributed by atoms with Crippen LogP contribution < -0.4 is 4.90 Å². The lowest BCUT2D eigenvalue weighted by Gasteiger charge is -2.29. The molecule has 0 atom stereocenters. The van der Waals surface area contributed by atoms with Gasteiger partial charge in [-0.1, -0.05) is 164 Å². The molecular weight excluding hydrogens is 715 g/mol. The van der Waals surface area contributed by atoms with E-state index < -0.39 is 0 Å². The summed E-state index contributed by atoms with van der Waals surface area (Å²) in [6, 6.07) is 69.8. The van der Waals surface area contributed by atoms with E-state index in [1.165, 1.54) is 54.4 Å². The van der Waals surface area contributed by atoms with E-state index in [1.54, 1.807) is 0 Å². The van der Waals surface area contributed by atoms with Crippen LogP contribution in [0, 0.1) is 6.92 Å². The second-order valence-corrected chi connectivity index (χ2v) is 15.3. The first-order chi connectivity index (χ1) is 29.1. The summed E-state index contributed by atoms with van der Waals surface area (Å²) in [6.45, 7) is 6.66. The van der Waals surface area contributed by atoms with Crippen LogP contribution in [0.1, 0.15) is 11.1 Å². The lowest BCUT2D eigenvalue weighted by Crippen LogP contribution is -2.16. The molecule has 1 heterocycles. The summed E-state index contributed by atoms with van der Waals surface area (Å²) in [5.74, 6) is 0. The highest BCUT2D eigenvalue weighted by molar-refractivity contribution is 6.17. The number of benzene rings is 10. The number of nitrogens with zero attached hydrogens (tertiary/aromatic N) is 1. The van der Waals surface area contributed by atoms with Gasteiger partial charge < -0.3 is 9.32 Å². The molecular formula is C57H39NO. The van der Waals surface area contributed by atoms with Crippen LogP contribution >= 0.6 is 0 Å². The maximum atomic E-state index is 6.64. The molecule has 0 bridgehead atoms. The summed E-state index contributed by atoms with van der Waals surface area (Å²) in [7, 11) is 0. The fraction of sp³-hybridized carbons (Fsp3) is 0.0175. The third kappa shape index (κ3) is 5.80. The van der Waals surface area contributed by atoms with Gasteiger partial charge in [0.2, 0.25) is 0 Å². The van der Waals surface area contributed by atoms with Crippen molar-refractivity contribution in [3.8, 4) is 22.3 Å². The summed E-state index contributed by atoms with van der Waals surface area (Å²) in [5.41, 5.74) is 11.8. The fourth-order valence-electron chi connectivity index (χ4n) is 9.10. The van der Waals surface area contributed by atoms with Gasteiger partial charge in [0.1, 0.15) is 11.2 Å². The van der Waals surface area contributed by atoms with Crippen molar-refractivity contribution >= 4 is 82.5 Å². The smallest absolute Gasteiger partial charge is 0.137 e. The molecule has 2 heteroatoms. The Balaban J connectivity index is 1.12. The maximum Gasteiger partial charge on any atom is 0.137 e. The van der Waals surface area contributed by atoms with E-state index in [2.05, 4.69) is 219 Å². The molecule has 0 saturated heterocycles. The highest BCUT2D eigenvalue weighted by Gasteiger charge is 2.23. The Bertz CT molecular complexity index is 3480. The van der Waals surface area contributed by atoms with Gasteiger partial charge in [0, 0.05) is 16.6 Å². The number of anilines is 2. The first-order valence-corrected chi connectivity index (χ1v) is 20.2. The van der Waals surface area contributed by atoms with Crippen molar-refractivity contribution in [2.75, 3.05) is 4.90 Å². The molecule has 0 N–H and O–H groups in total. The minimum Gasteiger partial charge on any atom is -0.456 e. The zero-order chi connectivity index (χ0) is 39.5. The fourth-order valence-corrected chi connectivity index (χ4v) is 9.10. The molecule has 0 amide bonds. The van der Waals surface area contributed by atoms with E-state index >= 15 is 0 Å². The van der Waals surface area contributed by atoms with Gasteiger partial charge in [-0.2, -0.15) is 0 Å². The minimum absolute atomic E-state index is 0.840. The van der Waals surface area contributed by atoms with Gasteiger partial charge in [0.25, 0.3) is 0 Å². The predicted octanol–water partition coefficient (Wildman–Crippen LogP) is 16.2. The van der Waals surface area contributed by atoms with Crippen molar-refractivity contribution in [1.82, 2.24) is 0 Å². The quantitative estimate of drug-likeness (QED) is 0.119. The van der Waals surface area contributed by atoms with Gasteiger partial charge >= 0.3 is 0 Å². The van der Waals surface area contributed by atoms with Gasteiger partial charge in [0.05, 0.1) is 16.8 Å². The topological polar surface area (TPSA) is 16.4 Å². The molecule has 2 nitrogen and oxygen atoms in total. The van der Waals surface area contributed by atoms with Crippen LogP contribution in [0.15, 0.2) is 217 Å². The van der Waals surface area contributed by atoms with E-state index in [9.17, 15) is 0 Å². The number of furan rings is 1. The Labute approximate surface area is 343 Å². The molecule has 10 aromatic carbocycles. The van der Waals surface area contributed by atoms with E-state index in [1.807, 2.05) is 6.08 Å². The molecule has 1 aromatic heterocycles. The van der Waals surface area contributed by atoms with Crippen molar-refractivity contribution in [3.63, 3.8) is 0 Å². The van der Waals surface area contributed by atoms with E-state index in [0.717, 1.165) is 61.1 Å². The molecule has 0 fully saturated rings. The highest BCUT2D eigenvalue weighted by atomic mass is 16.3. The van der Waals surface area contributed by atoms with Crippen molar-refractivity contribution in [3.05, 3.63) is 224 Å². The molecule has 0 aliphatic rings. The molecule has 0 unspecified atom stereocenters. The monoisotopic (exact) mass is 753 g/mol. The largest absolute Gasteiger partial charge is 0.456 e. The van der Waals surface area contributed by atoms with Crippen LogP contribution in [0.4, 0.5) is 11.4 Å². The van der Waals surface area contributed by atoms with E-state index in [0.29, 0.717) is 0 Å². The lowest BCUT2D eigenvalue weighted by atomic mass is 9.92. The zero-order valence-electron chi connectivity index (χ0n) is 32.7. The van der Waals surface area contributed by atoms with E-state index in [-0.39, 0.29) is 0 Å². The molecule has 0 saturated carbocycles. The normalized spacial score (nSPS) is 12.0. The number of aryl methyl sites for hydroxylation is 1.